The van der Waals surface area contributed by atoms with Gasteiger partial charge < -0.3 is 4.74 Å². The van der Waals surface area contributed by atoms with E-state index in [9.17, 15) is 4.79 Å². The average Bonchev–Trinajstić information content (AvgIpc) is 2.96. The van der Waals surface area contributed by atoms with Crippen molar-refractivity contribution in [2.75, 3.05) is 6.61 Å². The Morgan fingerprint density at radius 1 is 1.73 bits per heavy atom. The minimum Gasteiger partial charge on any atom is -0.370 e. The van der Waals surface area contributed by atoms with Crippen LogP contribution in [-0.2, 0) is 11.8 Å². The molecule has 0 bridgehead atoms. The third-order valence-electron chi connectivity index (χ3n) is 2.64. The molecule has 0 N–H and O–H groups in total. The molecule has 4 nitrogen and oxygen atoms in total. The van der Waals surface area contributed by atoms with E-state index < -0.39 is 0 Å². The maximum absolute atomic E-state index is 12.1. The molecule has 4 heteroatoms. The molecule has 0 radical (unpaired) electrons. The number of rotatable bonds is 5. The summed E-state index contributed by atoms with van der Waals surface area (Å²) in [6, 6.07) is 0. The zero-order valence-corrected chi connectivity index (χ0v) is 9.14. The average molecular weight is 208 g/mol. The number of nitrogens with zero attached hydrogens (tertiary/aromatic N) is 2. The van der Waals surface area contributed by atoms with Gasteiger partial charge in [0.1, 0.15) is 6.10 Å². The zero-order chi connectivity index (χ0) is 10.8. The second kappa shape index (κ2) is 4.14. The van der Waals surface area contributed by atoms with E-state index in [1.807, 2.05) is 14.0 Å². The summed E-state index contributed by atoms with van der Waals surface area (Å²) in [5.41, 5.74) is 0.655. The summed E-state index contributed by atoms with van der Waals surface area (Å²) >= 11 is 0. The number of aryl methyl sites for hydroxylation is 1. The summed E-state index contributed by atoms with van der Waals surface area (Å²) in [6.07, 6.45) is 5.32. The normalized spacial score (nSPS) is 17.7. The second-order valence-corrected chi connectivity index (χ2v) is 3.98. The monoisotopic (exact) mass is 208 g/mol. The number of ketones is 1. The van der Waals surface area contributed by atoms with Gasteiger partial charge >= 0.3 is 0 Å². The van der Waals surface area contributed by atoms with E-state index in [0.717, 1.165) is 12.8 Å². The van der Waals surface area contributed by atoms with Crippen LogP contribution in [0.15, 0.2) is 12.4 Å². The lowest BCUT2D eigenvalue weighted by Gasteiger charge is -2.13. The largest absolute Gasteiger partial charge is 0.370 e. The van der Waals surface area contributed by atoms with Crippen LogP contribution in [0.5, 0.6) is 0 Å². The first-order chi connectivity index (χ1) is 7.22. The van der Waals surface area contributed by atoms with Gasteiger partial charge in [0.2, 0.25) is 0 Å². The van der Waals surface area contributed by atoms with Crippen LogP contribution in [0.2, 0.25) is 0 Å². The van der Waals surface area contributed by atoms with Gasteiger partial charge in [-0.05, 0) is 25.7 Å². The minimum atomic E-state index is -0.251. The fraction of sp³-hybridized carbons (Fsp3) is 0.636. The lowest BCUT2D eigenvalue weighted by molar-refractivity contribution is 0.0374. The highest BCUT2D eigenvalue weighted by Crippen LogP contribution is 2.35. The van der Waals surface area contributed by atoms with Crippen molar-refractivity contribution < 1.29 is 9.53 Å². The number of hydrogen-bond acceptors (Lipinski definition) is 3. The Morgan fingerprint density at radius 2 is 2.47 bits per heavy atom. The molecule has 1 aromatic heterocycles. The van der Waals surface area contributed by atoms with E-state index in [1.54, 1.807) is 17.1 Å². The van der Waals surface area contributed by atoms with E-state index in [2.05, 4.69) is 5.10 Å². The molecule has 1 aromatic rings. The maximum Gasteiger partial charge on any atom is 0.194 e. The first-order valence-electron chi connectivity index (χ1n) is 5.37. The zero-order valence-electron chi connectivity index (χ0n) is 9.14. The molecule has 1 aliphatic carbocycles. The van der Waals surface area contributed by atoms with Crippen molar-refractivity contribution >= 4 is 5.78 Å². The predicted molar refractivity (Wildman–Crippen MR) is 55.7 cm³/mol. The van der Waals surface area contributed by atoms with E-state index in [4.69, 9.17) is 4.74 Å². The van der Waals surface area contributed by atoms with Crippen LogP contribution in [0.25, 0.3) is 0 Å². The predicted octanol–water partition coefficient (Wildman–Crippen LogP) is 1.42. The van der Waals surface area contributed by atoms with Crippen molar-refractivity contribution in [3.05, 3.63) is 18.0 Å². The van der Waals surface area contributed by atoms with Crippen LogP contribution in [0.1, 0.15) is 30.1 Å². The molecule has 2 rings (SSSR count). The van der Waals surface area contributed by atoms with Crippen LogP contribution in [0.4, 0.5) is 0 Å². The molecule has 0 spiro atoms. The van der Waals surface area contributed by atoms with Gasteiger partial charge in [0.25, 0.3) is 0 Å². The van der Waals surface area contributed by atoms with E-state index >= 15 is 0 Å². The standard InChI is InChI=1S/C11H16N2O2/c1-3-15-11(8-4-5-8)10(14)9-6-12-13(2)7-9/h6-8,11H,3-5H2,1-2H3. The van der Waals surface area contributed by atoms with Gasteiger partial charge in [0.05, 0.1) is 11.8 Å². The van der Waals surface area contributed by atoms with Gasteiger partial charge in [-0.1, -0.05) is 0 Å². The number of carbonyl (C=O) groups is 1. The molecular formula is C11H16N2O2. The minimum absolute atomic E-state index is 0.0763. The third kappa shape index (κ3) is 2.26. The Bertz CT molecular complexity index is 355. The van der Waals surface area contributed by atoms with Gasteiger partial charge in [0, 0.05) is 19.9 Å². The molecule has 0 amide bonds. The summed E-state index contributed by atoms with van der Waals surface area (Å²) in [5.74, 6) is 0.505. The summed E-state index contributed by atoms with van der Waals surface area (Å²) in [5, 5.41) is 4.00. The molecule has 1 unspecified atom stereocenters. The van der Waals surface area contributed by atoms with Crippen LogP contribution in [-0.4, -0.2) is 28.3 Å². The molecule has 15 heavy (non-hydrogen) atoms. The first kappa shape index (κ1) is 10.4. The SMILES string of the molecule is CCOC(C(=O)c1cnn(C)c1)C1CC1. The first-order valence-corrected chi connectivity index (χ1v) is 5.37. The van der Waals surface area contributed by atoms with Gasteiger partial charge in [-0.2, -0.15) is 5.10 Å². The lowest BCUT2D eigenvalue weighted by atomic mass is 10.1. The van der Waals surface area contributed by atoms with Crippen molar-refractivity contribution in [2.45, 2.75) is 25.9 Å². The molecule has 1 aliphatic rings. The van der Waals surface area contributed by atoms with Crippen LogP contribution >= 0.6 is 0 Å². The Hall–Kier alpha value is -1.16. The number of ether oxygens (including phenoxy) is 1. The van der Waals surface area contributed by atoms with Gasteiger partial charge in [-0.3, -0.25) is 9.48 Å². The Labute approximate surface area is 89.2 Å². The van der Waals surface area contributed by atoms with Gasteiger partial charge in [0.15, 0.2) is 5.78 Å². The highest BCUT2D eigenvalue weighted by molar-refractivity contribution is 5.99. The molecule has 1 atom stereocenters. The lowest BCUT2D eigenvalue weighted by Crippen LogP contribution is -2.26. The van der Waals surface area contributed by atoms with E-state index in [0.29, 0.717) is 18.1 Å². The van der Waals surface area contributed by atoms with E-state index in [-0.39, 0.29) is 11.9 Å². The van der Waals surface area contributed by atoms with Crippen molar-refractivity contribution in [2.24, 2.45) is 13.0 Å². The van der Waals surface area contributed by atoms with Crippen molar-refractivity contribution in [1.82, 2.24) is 9.78 Å². The summed E-state index contributed by atoms with van der Waals surface area (Å²) < 4.78 is 7.15. The third-order valence-corrected chi connectivity index (χ3v) is 2.64. The molecule has 0 aliphatic heterocycles. The van der Waals surface area contributed by atoms with Crippen molar-refractivity contribution in [3.8, 4) is 0 Å². The van der Waals surface area contributed by atoms with Gasteiger partial charge in [-0.25, -0.2) is 0 Å². The maximum atomic E-state index is 12.1. The topological polar surface area (TPSA) is 44.1 Å². The van der Waals surface area contributed by atoms with Gasteiger partial charge in [-0.15, -0.1) is 0 Å². The number of aromatic nitrogens is 2. The molecule has 1 fully saturated rings. The molecule has 82 valence electrons. The highest BCUT2D eigenvalue weighted by atomic mass is 16.5. The second-order valence-electron chi connectivity index (χ2n) is 3.98. The Morgan fingerprint density at radius 3 is 2.93 bits per heavy atom. The van der Waals surface area contributed by atoms with Crippen LogP contribution in [0.3, 0.4) is 0 Å². The molecule has 1 saturated carbocycles. The fourth-order valence-corrected chi connectivity index (χ4v) is 1.72. The summed E-state index contributed by atoms with van der Waals surface area (Å²) in [6.45, 7) is 2.51. The fourth-order valence-electron chi connectivity index (χ4n) is 1.72. The molecular weight excluding hydrogens is 192 g/mol. The van der Waals surface area contributed by atoms with Crippen molar-refractivity contribution in [1.29, 1.82) is 0 Å². The molecule has 0 aromatic carbocycles. The number of hydrogen-bond donors (Lipinski definition) is 0. The highest BCUT2D eigenvalue weighted by Gasteiger charge is 2.37. The Balaban J connectivity index is 2.10. The smallest absolute Gasteiger partial charge is 0.194 e. The number of carbonyl (C=O) groups excluding carboxylic acids is 1. The van der Waals surface area contributed by atoms with Crippen LogP contribution in [0, 0.1) is 5.92 Å². The molecule has 0 saturated heterocycles. The summed E-state index contributed by atoms with van der Waals surface area (Å²) in [4.78, 5) is 12.1. The van der Waals surface area contributed by atoms with Crippen molar-refractivity contribution in [3.63, 3.8) is 0 Å². The van der Waals surface area contributed by atoms with E-state index in [1.165, 1.54) is 0 Å². The Kier molecular flexibility index (Phi) is 2.86. The molecule has 1 heterocycles. The van der Waals surface area contributed by atoms with Crippen LogP contribution < -0.4 is 0 Å². The number of Topliss-reactive ketones (excluding diaryl/α,β-unsaturated/α-hetero) is 1. The summed E-state index contributed by atoms with van der Waals surface area (Å²) in [7, 11) is 1.81. The quantitative estimate of drug-likeness (QED) is 0.687.